The second kappa shape index (κ2) is 10.3. The van der Waals surface area contributed by atoms with E-state index in [1.165, 1.54) is 6.26 Å². The summed E-state index contributed by atoms with van der Waals surface area (Å²) in [5.74, 6) is -0.189. The molecule has 6 nitrogen and oxygen atoms in total. The van der Waals surface area contributed by atoms with Crippen molar-refractivity contribution < 1.29 is 18.7 Å². The van der Waals surface area contributed by atoms with E-state index < -0.39 is 5.97 Å². The van der Waals surface area contributed by atoms with Gasteiger partial charge in [0.1, 0.15) is 11.3 Å². The van der Waals surface area contributed by atoms with Gasteiger partial charge in [-0.2, -0.15) is 0 Å². The molecule has 146 valence electrons. The number of furan rings is 1. The van der Waals surface area contributed by atoms with Gasteiger partial charge in [-0.3, -0.25) is 9.69 Å². The van der Waals surface area contributed by atoms with Gasteiger partial charge in [0.15, 0.2) is 0 Å². The SMILES string of the molecule is CCCN(CC(=O)Nc1ccc(Cl)cc1Cl)Cc1occc1C(=O)OCC. The van der Waals surface area contributed by atoms with Crippen LogP contribution in [0.15, 0.2) is 34.9 Å². The number of benzene rings is 1. The van der Waals surface area contributed by atoms with Crippen LogP contribution < -0.4 is 5.32 Å². The van der Waals surface area contributed by atoms with Crippen LogP contribution in [0.5, 0.6) is 0 Å². The van der Waals surface area contributed by atoms with Crippen molar-refractivity contribution in [1.29, 1.82) is 0 Å². The molecule has 0 atom stereocenters. The summed E-state index contributed by atoms with van der Waals surface area (Å²) in [5.41, 5.74) is 0.867. The quantitative estimate of drug-likeness (QED) is 0.608. The number of rotatable bonds is 9. The zero-order valence-electron chi connectivity index (χ0n) is 15.3. The molecule has 1 amide bonds. The normalized spacial score (nSPS) is 10.9. The van der Waals surface area contributed by atoms with Crippen molar-refractivity contribution in [3.8, 4) is 0 Å². The van der Waals surface area contributed by atoms with E-state index in [0.717, 1.165) is 6.42 Å². The fourth-order valence-electron chi connectivity index (χ4n) is 2.57. The molecule has 2 aromatic rings. The lowest BCUT2D eigenvalue weighted by Gasteiger charge is -2.20. The predicted molar refractivity (Wildman–Crippen MR) is 105 cm³/mol. The molecule has 2 rings (SSSR count). The summed E-state index contributed by atoms with van der Waals surface area (Å²) < 4.78 is 10.5. The van der Waals surface area contributed by atoms with E-state index in [0.29, 0.717) is 40.1 Å². The number of anilines is 1. The van der Waals surface area contributed by atoms with Crippen LogP contribution in [0.1, 0.15) is 36.4 Å². The molecule has 0 fully saturated rings. The highest BCUT2D eigenvalue weighted by Crippen LogP contribution is 2.25. The lowest BCUT2D eigenvalue weighted by molar-refractivity contribution is -0.117. The van der Waals surface area contributed by atoms with Crippen LogP contribution in [0.25, 0.3) is 0 Å². The Morgan fingerprint density at radius 2 is 2.00 bits per heavy atom. The lowest BCUT2D eigenvalue weighted by atomic mass is 10.2. The minimum Gasteiger partial charge on any atom is -0.467 e. The zero-order valence-corrected chi connectivity index (χ0v) is 16.8. The third kappa shape index (κ3) is 6.27. The molecular weight excluding hydrogens is 391 g/mol. The number of amides is 1. The third-order valence-electron chi connectivity index (χ3n) is 3.72. The summed E-state index contributed by atoms with van der Waals surface area (Å²) in [4.78, 5) is 26.3. The molecule has 0 saturated heterocycles. The molecule has 0 bridgehead atoms. The first-order valence-electron chi connectivity index (χ1n) is 8.65. The van der Waals surface area contributed by atoms with Crippen LogP contribution in [0.3, 0.4) is 0 Å². The van der Waals surface area contributed by atoms with Crippen molar-refractivity contribution in [3.63, 3.8) is 0 Å². The number of carbonyl (C=O) groups excluding carboxylic acids is 2. The number of nitrogens with one attached hydrogen (secondary N) is 1. The van der Waals surface area contributed by atoms with Gasteiger partial charge < -0.3 is 14.5 Å². The standard InChI is InChI=1S/C19H22Cl2N2O4/c1-3-8-23(11-17-14(7-9-27-17)19(25)26-4-2)12-18(24)22-16-6-5-13(20)10-15(16)21/h5-7,9-10H,3-4,8,11-12H2,1-2H3,(H,22,24). The van der Waals surface area contributed by atoms with Crippen molar-refractivity contribution in [2.45, 2.75) is 26.8 Å². The lowest BCUT2D eigenvalue weighted by Crippen LogP contribution is -2.33. The topological polar surface area (TPSA) is 71.8 Å². The number of hydrogen-bond donors (Lipinski definition) is 1. The van der Waals surface area contributed by atoms with Crippen LogP contribution in [0, 0.1) is 0 Å². The summed E-state index contributed by atoms with van der Waals surface area (Å²) in [7, 11) is 0. The Labute approximate surface area is 168 Å². The number of halogens is 2. The van der Waals surface area contributed by atoms with E-state index in [9.17, 15) is 9.59 Å². The maximum Gasteiger partial charge on any atom is 0.341 e. The van der Waals surface area contributed by atoms with Gasteiger partial charge in [0, 0.05) is 5.02 Å². The van der Waals surface area contributed by atoms with Crippen molar-refractivity contribution >= 4 is 40.8 Å². The van der Waals surface area contributed by atoms with Gasteiger partial charge in [0.2, 0.25) is 5.91 Å². The van der Waals surface area contributed by atoms with Crippen molar-refractivity contribution in [1.82, 2.24) is 4.90 Å². The first-order valence-corrected chi connectivity index (χ1v) is 9.40. The molecule has 1 N–H and O–H groups in total. The summed E-state index contributed by atoms with van der Waals surface area (Å²) in [6.45, 7) is 5.13. The van der Waals surface area contributed by atoms with E-state index >= 15 is 0 Å². The predicted octanol–water partition coefficient (Wildman–Crippen LogP) is 4.61. The van der Waals surface area contributed by atoms with Gasteiger partial charge in [-0.1, -0.05) is 30.1 Å². The maximum atomic E-state index is 12.4. The molecular formula is C19H22Cl2N2O4. The van der Waals surface area contributed by atoms with Crippen molar-refractivity contribution in [2.24, 2.45) is 0 Å². The second-order valence-corrected chi connectivity index (χ2v) is 6.70. The molecule has 0 aliphatic rings. The monoisotopic (exact) mass is 412 g/mol. The maximum absolute atomic E-state index is 12.4. The summed E-state index contributed by atoms with van der Waals surface area (Å²) in [5, 5.41) is 3.63. The van der Waals surface area contributed by atoms with Gasteiger partial charge in [0.25, 0.3) is 0 Å². The zero-order chi connectivity index (χ0) is 19.8. The highest BCUT2D eigenvalue weighted by Gasteiger charge is 2.20. The number of nitrogens with zero attached hydrogens (tertiary/aromatic N) is 1. The van der Waals surface area contributed by atoms with Gasteiger partial charge in [-0.25, -0.2) is 4.79 Å². The molecule has 1 aromatic heterocycles. The fraction of sp³-hybridized carbons (Fsp3) is 0.368. The fourth-order valence-corrected chi connectivity index (χ4v) is 3.03. The van der Waals surface area contributed by atoms with Gasteiger partial charge in [-0.15, -0.1) is 0 Å². The third-order valence-corrected chi connectivity index (χ3v) is 4.27. The molecule has 0 unspecified atom stereocenters. The Morgan fingerprint density at radius 1 is 1.22 bits per heavy atom. The minimum absolute atomic E-state index is 0.121. The Morgan fingerprint density at radius 3 is 2.67 bits per heavy atom. The Kier molecular flexibility index (Phi) is 8.16. The minimum atomic E-state index is -0.435. The van der Waals surface area contributed by atoms with E-state index in [2.05, 4.69) is 5.32 Å². The molecule has 1 aromatic carbocycles. The number of hydrogen-bond acceptors (Lipinski definition) is 5. The highest BCUT2D eigenvalue weighted by atomic mass is 35.5. The van der Waals surface area contributed by atoms with Crippen LogP contribution in [-0.4, -0.2) is 36.5 Å². The molecule has 0 saturated carbocycles. The van der Waals surface area contributed by atoms with Crippen LogP contribution in [-0.2, 0) is 16.1 Å². The van der Waals surface area contributed by atoms with Gasteiger partial charge in [-0.05, 0) is 44.2 Å². The van der Waals surface area contributed by atoms with E-state index in [1.54, 1.807) is 31.2 Å². The Bertz CT molecular complexity index is 792. The largest absolute Gasteiger partial charge is 0.467 e. The van der Waals surface area contributed by atoms with Gasteiger partial charge in [0.05, 0.1) is 36.7 Å². The number of esters is 1. The molecule has 0 radical (unpaired) electrons. The van der Waals surface area contributed by atoms with E-state index in [4.69, 9.17) is 32.4 Å². The Balaban J connectivity index is 2.04. The molecule has 1 heterocycles. The molecule has 8 heteroatoms. The number of ether oxygens (including phenoxy) is 1. The summed E-state index contributed by atoms with van der Waals surface area (Å²) in [6, 6.07) is 6.45. The van der Waals surface area contributed by atoms with E-state index in [-0.39, 0.29) is 19.1 Å². The molecule has 0 spiro atoms. The van der Waals surface area contributed by atoms with Crippen molar-refractivity contribution in [3.05, 3.63) is 51.9 Å². The average molecular weight is 413 g/mol. The summed E-state index contributed by atoms with van der Waals surface area (Å²) >= 11 is 12.0. The first-order chi connectivity index (χ1) is 12.9. The molecule has 27 heavy (non-hydrogen) atoms. The van der Waals surface area contributed by atoms with Crippen LogP contribution >= 0.6 is 23.2 Å². The number of carbonyl (C=O) groups is 2. The van der Waals surface area contributed by atoms with Crippen molar-refractivity contribution in [2.75, 3.05) is 25.0 Å². The highest BCUT2D eigenvalue weighted by molar-refractivity contribution is 6.36. The first kappa shape index (κ1) is 21.3. The molecule has 0 aliphatic carbocycles. The van der Waals surface area contributed by atoms with Crippen LogP contribution in [0.2, 0.25) is 10.0 Å². The van der Waals surface area contributed by atoms with E-state index in [1.807, 2.05) is 11.8 Å². The van der Waals surface area contributed by atoms with Crippen LogP contribution in [0.4, 0.5) is 5.69 Å². The molecule has 0 aliphatic heterocycles. The average Bonchev–Trinajstić information content (AvgIpc) is 3.06. The van der Waals surface area contributed by atoms with Gasteiger partial charge >= 0.3 is 5.97 Å². The smallest absolute Gasteiger partial charge is 0.341 e. The second-order valence-electron chi connectivity index (χ2n) is 5.86. The summed E-state index contributed by atoms with van der Waals surface area (Å²) in [6.07, 6.45) is 2.28. The Hall–Kier alpha value is -2.02.